The Morgan fingerprint density at radius 2 is 1.50 bits per heavy atom. The Hall–Kier alpha value is -0.320. The number of nitrogens with two attached hydrogens (primary N) is 1. The van der Waals surface area contributed by atoms with Crippen molar-refractivity contribution in [1.29, 1.82) is 0 Å². The first-order valence-electron chi connectivity index (χ1n) is 2.71. The molecule has 0 aliphatic heterocycles. The lowest BCUT2D eigenvalue weighted by Gasteiger charge is -2.26. The summed E-state index contributed by atoms with van der Waals surface area (Å²) < 4.78 is 47.4. The Kier molecular flexibility index (Phi) is 2.30. The van der Waals surface area contributed by atoms with Gasteiger partial charge in [0.25, 0.3) is 0 Å². The van der Waals surface area contributed by atoms with Crippen LogP contribution in [-0.2, 0) is 0 Å². The van der Waals surface area contributed by atoms with Crippen LogP contribution in [0.1, 0.15) is 13.8 Å². The van der Waals surface area contributed by atoms with Crippen LogP contribution in [0.25, 0.3) is 0 Å². The summed E-state index contributed by atoms with van der Waals surface area (Å²) in [6.45, 7) is 1.41. The number of hydrogen-bond donors (Lipinski definition) is 1. The molecule has 0 heterocycles. The van der Waals surface area contributed by atoms with E-state index in [9.17, 15) is 17.6 Å². The van der Waals surface area contributed by atoms with Gasteiger partial charge in [0.1, 0.15) is 0 Å². The van der Waals surface area contributed by atoms with Crippen LogP contribution in [0.3, 0.4) is 0 Å². The normalized spacial score (nSPS) is 21.9. The quantitative estimate of drug-likeness (QED) is 0.578. The summed E-state index contributed by atoms with van der Waals surface area (Å²) >= 11 is 0. The molecule has 0 aliphatic carbocycles. The number of hydrogen-bond acceptors (Lipinski definition) is 1. The maximum atomic E-state index is 12.5. The van der Waals surface area contributed by atoms with E-state index < -0.39 is 17.9 Å². The molecule has 1 nitrogen and oxygen atoms in total. The van der Waals surface area contributed by atoms with Gasteiger partial charge in [-0.2, -0.15) is 13.2 Å². The van der Waals surface area contributed by atoms with Crippen LogP contribution >= 0.6 is 0 Å². The maximum absolute atomic E-state index is 12.5. The lowest BCUT2D eigenvalue weighted by atomic mass is 10.0. The molecular formula is C5H9F4N. The molecule has 0 aliphatic rings. The van der Waals surface area contributed by atoms with Gasteiger partial charge in [0.05, 0.1) is 0 Å². The summed E-state index contributed by atoms with van der Waals surface area (Å²) in [4.78, 5) is 0. The number of halogens is 4. The maximum Gasteiger partial charge on any atom is 0.423 e. The monoisotopic (exact) mass is 159 g/mol. The molecule has 0 amide bonds. The van der Waals surface area contributed by atoms with E-state index in [-0.39, 0.29) is 0 Å². The van der Waals surface area contributed by atoms with E-state index in [1.54, 1.807) is 0 Å². The molecule has 0 radical (unpaired) electrons. The molecule has 0 saturated carbocycles. The highest BCUT2D eigenvalue weighted by atomic mass is 19.4. The van der Waals surface area contributed by atoms with Crippen molar-refractivity contribution in [3.8, 4) is 0 Å². The second-order valence-electron chi connectivity index (χ2n) is 2.36. The molecule has 0 rings (SSSR count). The topological polar surface area (TPSA) is 26.0 Å². The molecule has 0 spiro atoms. The van der Waals surface area contributed by atoms with Crippen LogP contribution in [0.5, 0.6) is 0 Å². The van der Waals surface area contributed by atoms with Gasteiger partial charge in [-0.3, -0.25) is 0 Å². The predicted molar refractivity (Wildman–Crippen MR) is 29.2 cm³/mol. The number of rotatable bonds is 1. The Bertz CT molecular complexity index is 115. The van der Waals surface area contributed by atoms with Gasteiger partial charge in [0, 0.05) is 6.04 Å². The smallest absolute Gasteiger partial charge is 0.325 e. The third-order valence-corrected chi connectivity index (χ3v) is 1.41. The molecule has 0 bridgehead atoms. The van der Waals surface area contributed by atoms with Crippen molar-refractivity contribution in [2.45, 2.75) is 31.7 Å². The summed E-state index contributed by atoms with van der Waals surface area (Å²) in [5.41, 5.74) is 1.48. The second-order valence-corrected chi connectivity index (χ2v) is 2.36. The lowest BCUT2D eigenvalue weighted by molar-refractivity contribution is -0.228. The number of alkyl halides is 4. The zero-order chi connectivity index (χ0) is 8.58. The molecule has 5 heteroatoms. The second kappa shape index (κ2) is 2.38. The van der Waals surface area contributed by atoms with Crippen molar-refractivity contribution in [2.75, 3.05) is 0 Å². The van der Waals surface area contributed by atoms with Crippen LogP contribution in [0.4, 0.5) is 17.6 Å². The molecule has 10 heavy (non-hydrogen) atoms. The van der Waals surface area contributed by atoms with Gasteiger partial charge in [-0.15, -0.1) is 0 Å². The van der Waals surface area contributed by atoms with Gasteiger partial charge in [-0.1, -0.05) is 0 Å². The molecule has 0 aromatic carbocycles. The molecule has 62 valence electrons. The summed E-state index contributed by atoms with van der Waals surface area (Å²) in [6.07, 6.45) is -4.87. The van der Waals surface area contributed by atoms with E-state index in [2.05, 4.69) is 0 Å². The summed E-state index contributed by atoms with van der Waals surface area (Å²) in [5, 5.41) is 0. The fraction of sp³-hybridized carbons (Fsp3) is 1.00. The predicted octanol–water partition coefficient (Wildman–Crippen LogP) is 1.62. The minimum Gasteiger partial charge on any atom is -0.325 e. The SMILES string of the molecule is CC(N)C(C)(F)C(F)(F)F. The van der Waals surface area contributed by atoms with Crippen molar-refractivity contribution in [3.05, 3.63) is 0 Å². The van der Waals surface area contributed by atoms with E-state index >= 15 is 0 Å². The molecule has 2 N–H and O–H groups in total. The molecule has 2 unspecified atom stereocenters. The third kappa shape index (κ3) is 1.59. The largest absolute Gasteiger partial charge is 0.423 e. The minimum absolute atomic E-state index is 0.428. The molecule has 0 fully saturated rings. The molecule has 0 aromatic heterocycles. The van der Waals surface area contributed by atoms with Crippen LogP contribution in [0.2, 0.25) is 0 Å². The van der Waals surface area contributed by atoms with Crippen LogP contribution < -0.4 is 5.73 Å². The minimum atomic E-state index is -4.87. The van der Waals surface area contributed by atoms with E-state index in [4.69, 9.17) is 5.73 Å². The third-order valence-electron chi connectivity index (χ3n) is 1.41. The van der Waals surface area contributed by atoms with Crippen molar-refractivity contribution < 1.29 is 17.6 Å². The van der Waals surface area contributed by atoms with E-state index in [0.29, 0.717) is 6.92 Å². The van der Waals surface area contributed by atoms with Gasteiger partial charge in [-0.05, 0) is 13.8 Å². The highest BCUT2D eigenvalue weighted by Crippen LogP contribution is 2.35. The fourth-order valence-electron chi connectivity index (χ4n) is 0.258. The van der Waals surface area contributed by atoms with Crippen molar-refractivity contribution >= 4 is 0 Å². The standard InChI is InChI=1S/C5H9F4N/c1-3(10)4(2,6)5(7,8)9/h3H,10H2,1-2H3. The molecule has 0 aromatic rings. The van der Waals surface area contributed by atoms with Crippen molar-refractivity contribution in [3.63, 3.8) is 0 Å². The summed E-state index contributed by atoms with van der Waals surface area (Å²) in [5.74, 6) is 0. The van der Waals surface area contributed by atoms with Gasteiger partial charge in [0.15, 0.2) is 0 Å². The van der Waals surface area contributed by atoms with Crippen LogP contribution in [0, 0.1) is 0 Å². The Labute approximate surface area is 56.2 Å². The Morgan fingerprint density at radius 1 is 1.20 bits per heavy atom. The van der Waals surface area contributed by atoms with Crippen molar-refractivity contribution in [1.82, 2.24) is 0 Å². The zero-order valence-electron chi connectivity index (χ0n) is 5.67. The highest BCUT2D eigenvalue weighted by molar-refractivity contribution is 4.89. The highest BCUT2D eigenvalue weighted by Gasteiger charge is 2.54. The van der Waals surface area contributed by atoms with Gasteiger partial charge >= 0.3 is 6.18 Å². The molecule has 2 atom stereocenters. The van der Waals surface area contributed by atoms with E-state index in [1.807, 2.05) is 0 Å². The summed E-state index contributed by atoms with van der Waals surface area (Å²) in [7, 11) is 0. The van der Waals surface area contributed by atoms with E-state index in [1.165, 1.54) is 0 Å². The van der Waals surface area contributed by atoms with E-state index in [0.717, 1.165) is 6.92 Å². The van der Waals surface area contributed by atoms with Crippen LogP contribution in [-0.4, -0.2) is 17.9 Å². The van der Waals surface area contributed by atoms with Gasteiger partial charge < -0.3 is 5.73 Å². The van der Waals surface area contributed by atoms with Gasteiger partial charge in [-0.25, -0.2) is 4.39 Å². The average molecular weight is 159 g/mol. The van der Waals surface area contributed by atoms with Gasteiger partial charge in [0.2, 0.25) is 5.67 Å². The Balaban J connectivity index is 4.40. The zero-order valence-corrected chi connectivity index (χ0v) is 5.67. The molecule has 0 saturated heterocycles. The summed E-state index contributed by atoms with van der Waals surface area (Å²) in [6, 6.07) is -1.53. The first-order chi connectivity index (χ1) is 4.19. The average Bonchev–Trinajstić information content (AvgIpc) is 1.62. The lowest BCUT2D eigenvalue weighted by Crippen LogP contribution is -2.51. The van der Waals surface area contributed by atoms with Crippen LogP contribution in [0.15, 0.2) is 0 Å². The first-order valence-corrected chi connectivity index (χ1v) is 2.71. The van der Waals surface area contributed by atoms with Crippen molar-refractivity contribution in [2.24, 2.45) is 5.73 Å². The molecular weight excluding hydrogens is 150 g/mol. The first kappa shape index (κ1) is 9.68. The Morgan fingerprint density at radius 3 is 1.50 bits per heavy atom. The fourth-order valence-corrected chi connectivity index (χ4v) is 0.258.